The van der Waals surface area contributed by atoms with Crippen LogP contribution in [-0.2, 0) is 0 Å². The van der Waals surface area contributed by atoms with Crippen molar-refractivity contribution >= 4 is 11.6 Å². The molecule has 0 aliphatic heterocycles. The van der Waals surface area contributed by atoms with E-state index < -0.39 is 11.7 Å². The van der Waals surface area contributed by atoms with E-state index in [0.29, 0.717) is 11.5 Å². The Morgan fingerprint density at radius 3 is 2.62 bits per heavy atom. The number of nitrogens with one attached hydrogen (secondary N) is 1. The van der Waals surface area contributed by atoms with E-state index in [2.05, 4.69) is 20.5 Å². The second kappa shape index (κ2) is 5.49. The number of carbonyl (C=O) groups is 1. The second-order valence-corrected chi connectivity index (χ2v) is 4.24. The van der Waals surface area contributed by atoms with Crippen LogP contribution in [0.2, 0.25) is 0 Å². The van der Waals surface area contributed by atoms with Gasteiger partial charge in [0.1, 0.15) is 24.3 Å². The molecule has 0 spiro atoms. The maximum atomic E-state index is 13.1. The van der Waals surface area contributed by atoms with Crippen molar-refractivity contribution < 1.29 is 9.18 Å². The molecule has 3 aromatic rings. The number of carbonyl (C=O) groups excluding carboxylic acids is 1. The summed E-state index contributed by atoms with van der Waals surface area (Å²) in [5.74, 6) is -0.221. The van der Waals surface area contributed by atoms with Crippen LogP contribution in [0, 0.1) is 5.82 Å². The van der Waals surface area contributed by atoms with Crippen molar-refractivity contribution in [3.05, 3.63) is 66.6 Å². The Morgan fingerprint density at radius 2 is 1.95 bits per heavy atom. The molecule has 1 amide bonds. The monoisotopic (exact) mass is 283 g/mol. The summed E-state index contributed by atoms with van der Waals surface area (Å²) < 4.78 is 14.7. The van der Waals surface area contributed by atoms with Crippen LogP contribution >= 0.6 is 0 Å². The van der Waals surface area contributed by atoms with Gasteiger partial charge in [-0.3, -0.25) is 9.36 Å². The first-order valence-corrected chi connectivity index (χ1v) is 6.10. The van der Waals surface area contributed by atoms with Gasteiger partial charge in [-0.05, 0) is 30.3 Å². The van der Waals surface area contributed by atoms with Gasteiger partial charge in [0.2, 0.25) is 0 Å². The molecule has 0 unspecified atom stereocenters. The van der Waals surface area contributed by atoms with E-state index in [1.807, 2.05) is 0 Å². The highest BCUT2D eigenvalue weighted by Gasteiger charge is 2.07. The molecule has 0 aliphatic rings. The minimum absolute atomic E-state index is 0.248. The first kappa shape index (κ1) is 12.9. The predicted molar refractivity (Wildman–Crippen MR) is 73.5 cm³/mol. The zero-order valence-corrected chi connectivity index (χ0v) is 10.8. The van der Waals surface area contributed by atoms with E-state index in [4.69, 9.17) is 0 Å². The van der Waals surface area contributed by atoms with Gasteiger partial charge in [-0.15, -0.1) is 10.2 Å². The van der Waals surface area contributed by atoms with Crippen molar-refractivity contribution in [2.75, 3.05) is 5.32 Å². The lowest BCUT2D eigenvalue weighted by atomic mass is 10.2. The number of rotatable bonds is 3. The summed E-state index contributed by atoms with van der Waals surface area (Å²) in [6.45, 7) is 0. The zero-order chi connectivity index (χ0) is 14.7. The SMILES string of the molecule is O=C(Nc1ccc(-n2cnnc2)nc1)c1cccc(F)c1. The van der Waals surface area contributed by atoms with Crippen molar-refractivity contribution in [2.24, 2.45) is 0 Å². The van der Waals surface area contributed by atoms with Crippen molar-refractivity contribution in [1.82, 2.24) is 19.7 Å². The van der Waals surface area contributed by atoms with Crippen molar-refractivity contribution in [2.45, 2.75) is 0 Å². The molecule has 6 nitrogen and oxygen atoms in total. The average molecular weight is 283 g/mol. The van der Waals surface area contributed by atoms with Gasteiger partial charge in [0.15, 0.2) is 0 Å². The Morgan fingerprint density at radius 1 is 1.14 bits per heavy atom. The fraction of sp³-hybridized carbons (Fsp3) is 0. The van der Waals surface area contributed by atoms with Crippen LogP contribution in [0.4, 0.5) is 10.1 Å². The van der Waals surface area contributed by atoms with Gasteiger partial charge in [-0.2, -0.15) is 0 Å². The third-order valence-corrected chi connectivity index (χ3v) is 2.78. The largest absolute Gasteiger partial charge is 0.321 e. The highest BCUT2D eigenvalue weighted by molar-refractivity contribution is 6.04. The minimum atomic E-state index is -0.455. The van der Waals surface area contributed by atoms with E-state index in [0.717, 1.165) is 0 Å². The molecule has 3 rings (SSSR count). The predicted octanol–water partition coefficient (Wildman–Crippen LogP) is 2.05. The maximum absolute atomic E-state index is 13.1. The van der Waals surface area contributed by atoms with Gasteiger partial charge in [-0.1, -0.05) is 6.07 Å². The number of benzene rings is 1. The first-order valence-electron chi connectivity index (χ1n) is 6.10. The van der Waals surface area contributed by atoms with Crippen LogP contribution in [0.15, 0.2) is 55.2 Å². The normalized spacial score (nSPS) is 10.3. The van der Waals surface area contributed by atoms with E-state index in [1.165, 1.54) is 43.1 Å². The summed E-state index contributed by atoms with van der Waals surface area (Å²) in [5.41, 5.74) is 0.763. The highest BCUT2D eigenvalue weighted by atomic mass is 19.1. The number of pyridine rings is 1. The Labute approximate surface area is 119 Å². The van der Waals surface area contributed by atoms with Gasteiger partial charge in [0.25, 0.3) is 5.91 Å². The molecule has 0 atom stereocenters. The van der Waals surface area contributed by atoms with Gasteiger partial charge in [-0.25, -0.2) is 9.37 Å². The quantitative estimate of drug-likeness (QED) is 0.798. The van der Waals surface area contributed by atoms with Crippen LogP contribution in [0.1, 0.15) is 10.4 Å². The second-order valence-electron chi connectivity index (χ2n) is 4.24. The molecule has 0 saturated heterocycles. The van der Waals surface area contributed by atoms with Gasteiger partial charge >= 0.3 is 0 Å². The molecule has 104 valence electrons. The molecular formula is C14H10FN5O. The van der Waals surface area contributed by atoms with Crippen LogP contribution in [-0.4, -0.2) is 25.7 Å². The van der Waals surface area contributed by atoms with Gasteiger partial charge in [0.05, 0.1) is 11.9 Å². The number of hydrogen-bond acceptors (Lipinski definition) is 4. The molecular weight excluding hydrogens is 273 g/mol. The van der Waals surface area contributed by atoms with Crippen LogP contribution in [0.25, 0.3) is 5.82 Å². The number of halogens is 1. The first-order chi connectivity index (χ1) is 10.2. The average Bonchev–Trinajstić information content (AvgIpc) is 3.02. The third kappa shape index (κ3) is 2.92. The fourth-order valence-electron chi connectivity index (χ4n) is 1.76. The van der Waals surface area contributed by atoms with Crippen molar-refractivity contribution in [3.8, 4) is 5.82 Å². The zero-order valence-electron chi connectivity index (χ0n) is 10.8. The molecule has 2 heterocycles. The smallest absolute Gasteiger partial charge is 0.255 e. The Hall–Kier alpha value is -3.09. The van der Waals surface area contributed by atoms with E-state index in [9.17, 15) is 9.18 Å². The lowest BCUT2D eigenvalue weighted by Gasteiger charge is -2.06. The molecule has 0 bridgehead atoms. The summed E-state index contributed by atoms with van der Waals surface area (Å²) in [6.07, 6.45) is 4.55. The third-order valence-electron chi connectivity index (χ3n) is 2.78. The van der Waals surface area contributed by atoms with Gasteiger partial charge < -0.3 is 5.32 Å². The lowest BCUT2D eigenvalue weighted by Crippen LogP contribution is -2.12. The molecule has 1 N–H and O–H groups in total. The topological polar surface area (TPSA) is 72.7 Å². The van der Waals surface area contributed by atoms with E-state index in [1.54, 1.807) is 16.7 Å². The van der Waals surface area contributed by atoms with Gasteiger partial charge in [0, 0.05) is 5.56 Å². The summed E-state index contributed by atoms with van der Waals surface area (Å²) >= 11 is 0. The molecule has 2 aromatic heterocycles. The van der Waals surface area contributed by atoms with E-state index >= 15 is 0 Å². The lowest BCUT2D eigenvalue weighted by molar-refractivity contribution is 0.102. The maximum Gasteiger partial charge on any atom is 0.255 e. The number of aromatic nitrogens is 4. The Bertz CT molecular complexity index is 755. The molecule has 0 fully saturated rings. The molecule has 0 aliphatic carbocycles. The van der Waals surface area contributed by atoms with Crippen molar-refractivity contribution in [3.63, 3.8) is 0 Å². The summed E-state index contributed by atoms with van der Waals surface area (Å²) in [4.78, 5) is 16.1. The summed E-state index contributed by atoms with van der Waals surface area (Å²) in [6, 6.07) is 8.89. The number of nitrogens with zero attached hydrogens (tertiary/aromatic N) is 4. The van der Waals surface area contributed by atoms with Crippen LogP contribution in [0.3, 0.4) is 0 Å². The fourth-order valence-corrected chi connectivity index (χ4v) is 1.76. The van der Waals surface area contributed by atoms with Crippen LogP contribution in [0.5, 0.6) is 0 Å². The van der Waals surface area contributed by atoms with Crippen molar-refractivity contribution in [1.29, 1.82) is 0 Å². The van der Waals surface area contributed by atoms with E-state index in [-0.39, 0.29) is 5.56 Å². The van der Waals surface area contributed by atoms with Crippen LogP contribution < -0.4 is 5.32 Å². The summed E-state index contributed by atoms with van der Waals surface area (Å²) in [5, 5.41) is 10.0. The number of anilines is 1. The molecule has 0 radical (unpaired) electrons. The molecule has 1 aromatic carbocycles. The number of amides is 1. The standard InChI is InChI=1S/C14H10FN5O/c15-11-3-1-2-10(6-11)14(21)19-12-4-5-13(16-7-12)20-8-17-18-9-20/h1-9H,(H,19,21). The summed E-state index contributed by atoms with van der Waals surface area (Å²) in [7, 11) is 0. The Balaban J connectivity index is 1.75. The number of hydrogen-bond donors (Lipinski definition) is 1. The minimum Gasteiger partial charge on any atom is -0.321 e. The Kier molecular flexibility index (Phi) is 3.38. The molecule has 0 saturated carbocycles. The highest BCUT2D eigenvalue weighted by Crippen LogP contribution is 2.11. The molecule has 21 heavy (non-hydrogen) atoms. The molecule has 7 heteroatoms.